The number of nitrogens with two attached hydrogens (primary N) is 1. The van der Waals surface area contributed by atoms with Crippen LogP contribution >= 0.6 is 0 Å². The molecule has 0 aromatic heterocycles. The van der Waals surface area contributed by atoms with Crippen molar-refractivity contribution < 1.29 is 4.74 Å². The van der Waals surface area contributed by atoms with E-state index in [-0.39, 0.29) is 0 Å². The summed E-state index contributed by atoms with van der Waals surface area (Å²) in [5.74, 6) is 1.00. The maximum Gasteiger partial charge on any atom is 0.119 e. The van der Waals surface area contributed by atoms with Crippen LogP contribution in [0.4, 0.5) is 0 Å². The summed E-state index contributed by atoms with van der Waals surface area (Å²) in [7, 11) is 0. The van der Waals surface area contributed by atoms with Gasteiger partial charge >= 0.3 is 0 Å². The van der Waals surface area contributed by atoms with Crippen LogP contribution in [0.3, 0.4) is 0 Å². The van der Waals surface area contributed by atoms with Gasteiger partial charge in [0.25, 0.3) is 0 Å². The van der Waals surface area contributed by atoms with Crippen LogP contribution in [-0.2, 0) is 13.0 Å². The van der Waals surface area contributed by atoms with Crippen molar-refractivity contribution in [3.05, 3.63) is 65.2 Å². The van der Waals surface area contributed by atoms with Gasteiger partial charge in [0.2, 0.25) is 0 Å². The summed E-state index contributed by atoms with van der Waals surface area (Å²) in [6.07, 6.45) is 7.20. The van der Waals surface area contributed by atoms with Gasteiger partial charge in [0.15, 0.2) is 0 Å². The summed E-state index contributed by atoms with van der Waals surface area (Å²) in [5.41, 5.74) is 9.44. The number of rotatable bonds is 12. The molecule has 2 rings (SSSR count). The predicted molar refractivity (Wildman–Crippen MR) is 122 cm³/mol. The van der Waals surface area contributed by atoms with Gasteiger partial charge in [-0.05, 0) is 68.1 Å². The molecule has 156 valence electrons. The Kier molecular flexibility index (Phi) is 14.0. The van der Waals surface area contributed by atoms with Gasteiger partial charge in [0.1, 0.15) is 5.75 Å². The second-order valence-corrected chi connectivity index (χ2v) is 7.22. The molecule has 0 bridgehead atoms. The third-order valence-corrected chi connectivity index (χ3v) is 4.54. The van der Waals surface area contributed by atoms with E-state index in [0.29, 0.717) is 0 Å². The molecular weight excluding hydrogens is 344 g/mol. The van der Waals surface area contributed by atoms with Gasteiger partial charge < -0.3 is 15.8 Å². The molecule has 0 spiro atoms. The number of ether oxygens (including phenoxy) is 1. The quantitative estimate of drug-likeness (QED) is 0.465. The Balaban J connectivity index is 0.000000280. The standard InChI is InChI=1S/C13H20O.C12H20N2/c1-3-4-5-6-10-14-13-9-7-8-12(2)11-13;1-2-11-5-3-6-12(9-11)10-14-8-4-7-13/h7-9,11H,3-6,10H2,1-2H3;3,5-6,9,14H,2,4,7-8,10,13H2,1H3. The lowest BCUT2D eigenvalue weighted by atomic mass is 10.1. The van der Waals surface area contributed by atoms with Gasteiger partial charge in [-0.15, -0.1) is 0 Å². The zero-order valence-corrected chi connectivity index (χ0v) is 18.2. The monoisotopic (exact) mass is 384 g/mol. The van der Waals surface area contributed by atoms with Crippen molar-refractivity contribution in [1.29, 1.82) is 0 Å². The smallest absolute Gasteiger partial charge is 0.119 e. The molecule has 0 atom stereocenters. The van der Waals surface area contributed by atoms with E-state index in [1.165, 1.54) is 42.4 Å². The topological polar surface area (TPSA) is 47.3 Å². The summed E-state index contributed by atoms with van der Waals surface area (Å²) in [6.45, 7) is 10.1. The number of hydrogen-bond acceptors (Lipinski definition) is 3. The van der Waals surface area contributed by atoms with Crippen LogP contribution in [0.5, 0.6) is 5.75 Å². The average Bonchev–Trinajstić information content (AvgIpc) is 2.72. The van der Waals surface area contributed by atoms with Crippen molar-refractivity contribution in [2.45, 2.75) is 65.8 Å². The Hall–Kier alpha value is -1.84. The van der Waals surface area contributed by atoms with E-state index >= 15 is 0 Å². The average molecular weight is 385 g/mol. The van der Waals surface area contributed by atoms with Crippen molar-refractivity contribution in [2.24, 2.45) is 5.73 Å². The highest BCUT2D eigenvalue weighted by molar-refractivity contribution is 5.27. The predicted octanol–water partition coefficient (Wildman–Crippen LogP) is 5.64. The van der Waals surface area contributed by atoms with E-state index in [9.17, 15) is 0 Å². The van der Waals surface area contributed by atoms with Crippen molar-refractivity contribution in [3.8, 4) is 5.75 Å². The molecule has 3 heteroatoms. The maximum atomic E-state index is 5.63. The second-order valence-electron chi connectivity index (χ2n) is 7.22. The van der Waals surface area contributed by atoms with Crippen molar-refractivity contribution >= 4 is 0 Å². The highest BCUT2D eigenvalue weighted by Gasteiger charge is 1.94. The van der Waals surface area contributed by atoms with Crippen molar-refractivity contribution in [3.63, 3.8) is 0 Å². The molecule has 3 nitrogen and oxygen atoms in total. The Morgan fingerprint density at radius 3 is 2.39 bits per heavy atom. The number of hydrogen-bond donors (Lipinski definition) is 2. The van der Waals surface area contributed by atoms with Crippen LogP contribution in [0.2, 0.25) is 0 Å². The molecule has 28 heavy (non-hydrogen) atoms. The van der Waals surface area contributed by atoms with Crippen LogP contribution in [-0.4, -0.2) is 19.7 Å². The van der Waals surface area contributed by atoms with E-state index < -0.39 is 0 Å². The zero-order valence-electron chi connectivity index (χ0n) is 18.2. The van der Waals surface area contributed by atoms with Gasteiger partial charge in [-0.25, -0.2) is 0 Å². The van der Waals surface area contributed by atoms with Crippen molar-refractivity contribution in [1.82, 2.24) is 5.32 Å². The molecule has 0 amide bonds. The largest absolute Gasteiger partial charge is 0.494 e. The number of nitrogens with one attached hydrogen (secondary N) is 1. The number of aryl methyl sites for hydroxylation is 2. The van der Waals surface area contributed by atoms with Crippen LogP contribution in [0.15, 0.2) is 48.5 Å². The lowest BCUT2D eigenvalue weighted by molar-refractivity contribution is 0.305. The first-order chi connectivity index (χ1) is 13.7. The molecule has 0 saturated heterocycles. The fraction of sp³-hybridized carbons (Fsp3) is 0.520. The van der Waals surface area contributed by atoms with Gasteiger partial charge in [0, 0.05) is 6.54 Å². The highest BCUT2D eigenvalue weighted by atomic mass is 16.5. The molecule has 0 heterocycles. The van der Waals surface area contributed by atoms with E-state index in [4.69, 9.17) is 10.5 Å². The lowest BCUT2D eigenvalue weighted by Crippen LogP contribution is -2.17. The van der Waals surface area contributed by atoms with Crippen LogP contribution in [0.1, 0.15) is 62.6 Å². The van der Waals surface area contributed by atoms with Crippen molar-refractivity contribution in [2.75, 3.05) is 19.7 Å². The third kappa shape index (κ3) is 11.8. The fourth-order valence-corrected chi connectivity index (χ4v) is 2.84. The number of unbranched alkanes of at least 4 members (excludes halogenated alkanes) is 3. The fourth-order valence-electron chi connectivity index (χ4n) is 2.84. The number of benzene rings is 2. The molecule has 0 aliphatic rings. The summed E-state index contributed by atoms with van der Waals surface area (Å²) in [5, 5.41) is 3.37. The Labute approximate surface area is 172 Å². The summed E-state index contributed by atoms with van der Waals surface area (Å²) in [4.78, 5) is 0. The molecular formula is C25H40N2O. The molecule has 0 aliphatic carbocycles. The van der Waals surface area contributed by atoms with Crippen LogP contribution < -0.4 is 15.8 Å². The first-order valence-corrected chi connectivity index (χ1v) is 10.9. The van der Waals surface area contributed by atoms with Gasteiger partial charge in [-0.3, -0.25) is 0 Å². The van der Waals surface area contributed by atoms with Crippen LogP contribution in [0, 0.1) is 6.92 Å². The minimum absolute atomic E-state index is 0.766. The Morgan fingerprint density at radius 1 is 0.893 bits per heavy atom. The summed E-state index contributed by atoms with van der Waals surface area (Å²) < 4.78 is 5.63. The van der Waals surface area contributed by atoms with Gasteiger partial charge in [-0.2, -0.15) is 0 Å². The van der Waals surface area contributed by atoms with Crippen LogP contribution in [0.25, 0.3) is 0 Å². The van der Waals surface area contributed by atoms with Gasteiger partial charge in [-0.1, -0.05) is 69.5 Å². The minimum Gasteiger partial charge on any atom is -0.494 e. The second kappa shape index (κ2) is 16.1. The SMILES string of the molecule is CCCCCCOc1cccc(C)c1.CCc1cccc(CNCCCN)c1. The van der Waals surface area contributed by atoms with E-state index in [1.807, 2.05) is 12.1 Å². The Morgan fingerprint density at radius 2 is 1.68 bits per heavy atom. The molecule has 2 aromatic carbocycles. The first kappa shape index (κ1) is 24.2. The molecule has 0 radical (unpaired) electrons. The lowest BCUT2D eigenvalue weighted by Gasteiger charge is -2.06. The van der Waals surface area contributed by atoms with E-state index in [1.54, 1.807) is 0 Å². The normalized spacial score (nSPS) is 10.3. The molecule has 3 N–H and O–H groups in total. The molecule has 0 aliphatic heterocycles. The zero-order chi connectivity index (χ0) is 20.5. The van der Waals surface area contributed by atoms with Gasteiger partial charge in [0.05, 0.1) is 6.61 Å². The summed E-state index contributed by atoms with van der Waals surface area (Å²) >= 11 is 0. The highest BCUT2D eigenvalue weighted by Crippen LogP contribution is 2.13. The molecule has 0 saturated carbocycles. The molecule has 0 fully saturated rings. The molecule has 0 unspecified atom stereocenters. The Bertz CT molecular complexity index is 627. The summed E-state index contributed by atoms with van der Waals surface area (Å²) in [6, 6.07) is 16.9. The first-order valence-electron chi connectivity index (χ1n) is 10.9. The van der Waals surface area contributed by atoms with E-state index in [0.717, 1.165) is 44.8 Å². The molecule has 2 aromatic rings. The third-order valence-electron chi connectivity index (χ3n) is 4.54. The minimum atomic E-state index is 0.766. The van der Waals surface area contributed by atoms with E-state index in [2.05, 4.69) is 62.5 Å². The maximum absolute atomic E-state index is 5.63.